The predicted molar refractivity (Wildman–Crippen MR) is 71.4 cm³/mol. The van der Waals surface area contributed by atoms with E-state index in [1.54, 1.807) is 17.5 Å². The molecule has 3 rings (SSSR count). The first-order chi connectivity index (χ1) is 8.59. The van der Waals surface area contributed by atoms with Crippen LogP contribution in [0.15, 0.2) is 6.20 Å². The molecule has 0 radical (unpaired) electrons. The van der Waals surface area contributed by atoms with Crippen molar-refractivity contribution in [2.24, 2.45) is 5.41 Å². The lowest BCUT2D eigenvalue weighted by Crippen LogP contribution is -2.30. The smallest absolute Gasteiger partial charge is 0.145 e. The molecule has 0 bridgehead atoms. The maximum Gasteiger partial charge on any atom is 0.145 e. The molecule has 0 spiro atoms. The lowest BCUT2D eigenvalue weighted by atomic mass is 9.76. The van der Waals surface area contributed by atoms with Gasteiger partial charge >= 0.3 is 0 Å². The highest BCUT2D eigenvalue weighted by Gasteiger charge is 2.34. The third-order valence-corrected chi connectivity index (χ3v) is 4.66. The Morgan fingerprint density at radius 1 is 1.50 bits per heavy atom. The van der Waals surface area contributed by atoms with Crippen LogP contribution >= 0.6 is 11.3 Å². The highest BCUT2D eigenvalue weighted by molar-refractivity contribution is 7.15. The summed E-state index contributed by atoms with van der Waals surface area (Å²) in [4.78, 5) is 6.10. The summed E-state index contributed by atoms with van der Waals surface area (Å²) in [6.45, 7) is 4.60. The van der Waals surface area contributed by atoms with Crippen molar-refractivity contribution in [3.8, 4) is 10.7 Å². The summed E-state index contributed by atoms with van der Waals surface area (Å²) >= 11 is 1.73. The maximum absolute atomic E-state index is 4.74. The van der Waals surface area contributed by atoms with E-state index < -0.39 is 0 Å². The number of fused-ring (bicyclic) bond motifs is 1. The molecular formula is C12H17N5S. The summed E-state index contributed by atoms with van der Waals surface area (Å²) in [6, 6.07) is 0.405. The molecule has 0 fully saturated rings. The molecule has 1 aliphatic rings. The molecule has 1 unspecified atom stereocenters. The quantitative estimate of drug-likeness (QED) is 0.871. The van der Waals surface area contributed by atoms with Crippen molar-refractivity contribution in [1.82, 2.24) is 25.7 Å². The third-order valence-electron chi connectivity index (χ3n) is 3.43. The first-order valence-corrected chi connectivity index (χ1v) is 6.94. The summed E-state index contributed by atoms with van der Waals surface area (Å²) in [7, 11) is 2.02. The molecule has 0 aromatic carbocycles. The van der Waals surface area contributed by atoms with Crippen LogP contribution in [0.2, 0.25) is 0 Å². The lowest BCUT2D eigenvalue weighted by molar-refractivity contribution is 0.265. The largest absolute Gasteiger partial charge is 0.312 e. The summed E-state index contributed by atoms with van der Waals surface area (Å²) < 4.78 is 0. The second kappa shape index (κ2) is 4.13. The molecule has 2 heterocycles. The van der Waals surface area contributed by atoms with E-state index in [0.717, 1.165) is 23.5 Å². The van der Waals surface area contributed by atoms with Crippen molar-refractivity contribution in [1.29, 1.82) is 0 Å². The third kappa shape index (κ3) is 1.95. The van der Waals surface area contributed by atoms with Gasteiger partial charge in [0.25, 0.3) is 0 Å². The minimum absolute atomic E-state index is 0.301. The molecule has 96 valence electrons. The van der Waals surface area contributed by atoms with Gasteiger partial charge in [-0.2, -0.15) is 15.4 Å². The van der Waals surface area contributed by atoms with E-state index in [9.17, 15) is 0 Å². The zero-order valence-corrected chi connectivity index (χ0v) is 11.6. The predicted octanol–water partition coefficient (Wildman–Crippen LogP) is 2.16. The van der Waals surface area contributed by atoms with Crippen molar-refractivity contribution in [3.05, 3.63) is 16.8 Å². The van der Waals surface area contributed by atoms with Gasteiger partial charge in [-0.15, -0.1) is 11.3 Å². The van der Waals surface area contributed by atoms with Crippen LogP contribution in [-0.2, 0) is 6.42 Å². The van der Waals surface area contributed by atoms with E-state index in [1.807, 2.05) is 7.05 Å². The Bertz CT molecular complexity index is 543. The van der Waals surface area contributed by atoms with Crippen LogP contribution in [0, 0.1) is 5.41 Å². The van der Waals surface area contributed by atoms with Gasteiger partial charge in [-0.25, -0.2) is 4.98 Å². The van der Waals surface area contributed by atoms with Gasteiger partial charge in [0.1, 0.15) is 10.7 Å². The summed E-state index contributed by atoms with van der Waals surface area (Å²) in [5, 5.41) is 15.0. The van der Waals surface area contributed by atoms with Gasteiger partial charge in [0.15, 0.2) is 0 Å². The fourth-order valence-electron chi connectivity index (χ4n) is 2.58. The molecule has 1 atom stereocenters. The van der Waals surface area contributed by atoms with E-state index >= 15 is 0 Å². The number of H-pyrrole nitrogens is 1. The van der Waals surface area contributed by atoms with Crippen LogP contribution < -0.4 is 5.32 Å². The number of aromatic amines is 1. The maximum atomic E-state index is 4.74. The van der Waals surface area contributed by atoms with Crippen molar-refractivity contribution >= 4 is 11.3 Å². The zero-order chi connectivity index (χ0) is 12.8. The number of nitrogens with zero attached hydrogens (tertiary/aromatic N) is 3. The van der Waals surface area contributed by atoms with Crippen molar-refractivity contribution < 1.29 is 0 Å². The van der Waals surface area contributed by atoms with Crippen LogP contribution in [0.3, 0.4) is 0 Å². The Balaban J connectivity index is 2.03. The Hall–Kier alpha value is -1.27. The van der Waals surface area contributed by atoms with Crippen LogP contribution in [0.25, 0.3) is 10.7 Å². The molecular weight excluding hydrogens is 246 g/mol. The summed E-state index contributed by atoms with van der Waals surface area (Å²) in [5.74, 6) is 0. The second-order valence-corrected chi connectivity index (χ2v) is 6.60. The minimum atomic E-state index is 0.301. The van der Waals surface area contributed by atoms with E-state index in [2.05, 4.69) is 34.6 Å². The van der Waals surface area contributed by atoms with Gasteiger partial charge in [0.05, 0.1) is 11.9 Å². The SMILES string of the molecule is CNC1CC(C)(C)Cc2nc(-c3cn[nH]n3)sc21. The van der Waals surface area contributed by atoms with Crippen molar-refractivity contribution in [3.63, 3.8) is 0 Å². The van der Waals surface area contributed by atoms with Gasteiger partial charge in [0.2, 0.25) is 0 Å². The highest BCUT2D eigenvalue weighted by Crippen LogP contribution is 2.44. The molecule has 6 heteroatoms. The average Bonchev–Trinajstić information content (AvgIpc) is 2.93. The van der Waals surface area contributed by atoms with E-state index in [-0.39, 0.29) is 0 Å². The van der Waals surface area contributed by atoms with E-state index in [1.165, 1.54) is 10.6 Å². The average molecular weight is 263 g/mol. The molecule has 5 nitrogen and oxygen atoms in total. The molecule has 0 saturated heterocycles. The topological polar surface area (TPSA) is 66.5 Å². The molecule has 0 amide bonds. The van der Waals surface area contributed by atoms with Crippen LogP contribution in [-0.4, -0.2) is 27.4 Å². The fraction of sp³-hybridized carbons (Fsp3) is 0.583. The number of thiazole rings is 1. The molecule has 2 aromatic rings. The number of hydrogen-bond acceptors (Lipinski definition) is 5. The Kier molecular flexibility index (Phi) is 2.71. The molecule has 1 aliphatic carbocycles. The highest BCUT2D eigenvalue weighted by atomic mass is 32.1. The van der Waals surface area contributed by atoms with Gasteiger partial charge in [-0.1, -0.05) is 13.8 Å². The standard InChI is InChI=1S/C12H17N5S/c1-12(2)4-7(13-3)10-8(5-12)15-11(18-10)9-6-14-17-16-9/h6-7,13H,4-5H2,1-3H3,(H,14,16,17). The molecule has 0 saturated carbocycles. The second-order valence-electron chi connectivity index (χ2n) is 5.57. The number of hydrogen-bond donors (Lipinski definition) is 2. The lowest BCUT2D eigenvalue weighted by Gasteiger charge is -2.34. The Labute approximate surface area is 110 Å². The number of rotatable bonds is 2. The zero-order valence-electron chi connectivity index (χ0n) is 10.8. The number of nitrogens with one attached hydrogen (secondary N) is 2. The van der Waals surface area contributed by atoms with Crippen LogP contribution in [0.4, 0.5) is 0 Å². The van der Waals surface area contributed by atoms with Crippen LogP contribution in [0.5, 0.6) is 0 Å². The van der Waals surface area contributed by atoms with Gasteiger partial charge in [-0.05, 0) is 25.3 Å². The summed E-state index contributed by atoms with van der Waals surface area (Å²) in [5.41, 5.74) is 2.35. The van der Waals surface area contributed by atoms with E-state index in [0.29, 0.717) is 11.5 Å². The first kappa shape index (κ1) is 11.8. The van der Waals surface area contributed by atoms with Crippen molar-refractivity contribution in [2.45, 2.75) is 32.7 Å². The van der Waals surface area contributed by atoms with Gasteiger partial charge in [0, 0.05) is 10.9 Å². The van der Waals surface area contributed by atoms with Gasteiger partial charge < -0.3 is 5.32 Å². The van der Waals surface area contributed by atoms with E-state index in [4.69, 9.17) is 4.98 Å². The van der Waals surface area contributed by atoms with Crippen molar-refractivity contribution in [2.75, 3.05) is 7.05 Å². The Morgan fingerprint density at radius 2 is 2.33 bits per heavy atom. The fourth-order valence-corrected chi connectivity index (χ4v) is 3.73. The summed E-state index contributed by atoms with van der Waals surface area (Å²) in [6.07, 6.45) is 3.91. The number of aromatic nitrogens is 4. The molecule has 18 heavy (non-hydrogen) atoms. The molecule has 2 aromatic heterocycles. The monoisotopic (exact) mass is 263 g/mol. The molecule has 0 aliphatic heterocycles. The molecule has 2 N–H and O–H groups in total. The minimum Gasteiger partial charge on any atom is -0.312 e. The normalized spacial score (nSPS) is 21.8. The van der Waals surface area contributed by atoms with Gasteiger partial charge in [-0.3, -0.25) is 0 Å². The van der Waals surface area contributed by atoms with Crippen LogP contribution in [0.1, 0.15) is 36.9 Å². The first-order valence-electron chi connectivity index (χ1n) is 6.12. The Morgan fingerprint density at radius 3 is 3.00 bits per heavy atom.